The molecule has 0 aromatic heterocycles. The van der Waals surface area contributed by atoms with Gasteiger partial charge in [-0.15, -0.1) is 0 Å². The molecule has 0 saturated carbocycles. The van der Waals surface area contributed by atoms with Crippen LogP contribution in [-0.4, -0.2) is 48.4 Å². The first-order valence-electron chi connectivity index (χ1n) is 5.98. The summed E-state index contributed by atoms with van der Waals surface area (Å²) in [6, 6.07) is 8.58. The van der Waals surface area contributed by atoms with Gasteiger partial charge >= 0.3 is 6.03 Å². The van der Waals surface area contributed by atoms with Crippen LogP contribution in [0.5, 0.6) is 0 Å². The summed E-state index contributed by atoms with van der Waals surface area (Å²) in [5.41, 5.74) is 1.10. The zero-order chi connectivity index (χ0) is 13.7. The molecule has 98 valence electrons. The van der Waals surface area contributed by atoms with Gasteiger partial charge in [-0.2, -0.15) is 5.26 Å². The van der Waals surface area contributed by atoms with Crippen molar-refractivity contribution < 1.29 is 9.59 Å². The van der Waals surface area contributed by atoms with Crippen molar-refractivity contribution in [3.63, 3.8) is 0 Å². The number of anilines is 1. The highest BCUT2D eigenvalue weighted by Gasteiger charge is 2.19. The van der Waals surface area contributed by atoms with Gasteiger partial charge in [0.1, 0.15) is 0 Å². The van der Waals surface area contributed by atoms with Crippen molar-refractivity contribution in [2.45, 2.75) is 0 Å². The molecule has 0 unspecified atom stereocenters. The summed E-state index contributed by atoms with van der Waals surface area (Å²) in [7, 11) is 0. The molecule has 1 aliphatic rings. The summed E-state index contributed by atoms with van der Waals surface area (Å²) >= 11 is 0. The maximum absolute atomic E-state index is 12.0. The maximum atomic E-state index is 12.0. The molecule has 1 heterocycles. The number of nitrogens with zero attached hydrogens (tertiary/aromatic N) is 3. The molecule has 1 aliphatic heterocycles. The predicted molar refractivity (Wildman–Crippen MR) is 69.4 cm³/mol. The third-order valence-corrected chi connectivity index (χ3v) is 2.99. The fourth-order valence-electron chi connectivity index (χ4n) is 1.90. The van der Waals surface area contributed by atoms with Gasteiger partial charge in [0.25, 0.3) is 0 Å². The molecule has 1 N–H and O–H groups in total. The number of piperazine rings is 1. The molecule has 6 nitrogen and oxygen atoms in total. The van der Waals surface area contributed by atoms with Crippen LogP contribution in [-0.2, 0) is 4.79 Å². The normalized spacial score (nSPS) is 14.7. The second-order valence-electron chi connectivity index (χ2n) is 4.25. The molecule has 0 radical (unpaired) electrons. The van der Waals surface area contributed by atoms with Crippen molar-refractivity contribution in [3.05, 3.63) is 29.8 Å². The highest BCUT2D eigenvalue weighted by Crippen LogP contribution is 2.11. The van der Waals surface area contributed by atoms with E-state index < -0.39 is 0 Å². The quantitative estimate of drug-likeness (QED) is 0.799. The van der Waals surface area contributed by atoms with Crippen LogP contribution in [0, 0.1) is 11.3 Å². The summed E-state index contributed by atoms with van der Waals surface area (Å²) in [4.78, 5) is 25.9. The van der Waals surface area contributed by atoms with E-state index in [4.69, 9.17) is 5.26 Å². The summed E-state index contributed by atoms with van der Waals surface area (Å²) in [6.07, 6.45) is 0.797. The third kappa shape index (κ3) is 3.22. The van der Waals surface area contributed by atoms with Crippen LogP contribution in [0.15, 0.2) is 24.3 Å². The van der Waals surface area contributed by atoms with Crippen LogP contribution >= 0.6 is 0 Å². The van der Waals surface area contributed by atoms with Crippen LogP contribution in [0.25, 0.3) is 0 Å². The van der Waals surface area contributed by atoms with Crippen molar-refractivity contribution >= 4 is 18.1 Å². The van der Waals surface area contributed by atoms with E-state index in [9.17, 15) is 9.59 Å². The van der Waals surface area contributed by atoms with Gasteiger partial charge in [-0.25, -0.2) is 4.79 Å². The van der Waals surface area contributed by atoms with Gasteiger partial charge in [-0.05, 0) is 18.2 Å². The number of benzene rings is 1. The van der Waals surface area contributed by atoms with Crippen molar-refractivity contribution in [1.29, 1.82) is 5.26 Å². The Labute approximate surface area is 111 Å². The van der Waals surface area contributed by atoms with Crippen LogP contribution < -0.4 is 5.32 Å². The Bertz CT molecular complexity index is 516. The van der Waals surface area contributed by atoms with E-state index in [0.717, 1.165) is 6.41 Å². The molecule has 1 aromatic rings. The number of carbonyl (C=O) groups is 2. The lowest BCUT2D eigenvalue weighted by atomic mass is 10.2. The molecule has 1 fully saturated rings. The number of hydrogen-bond donors (Lipinski definition) is 1. The Morgan fingerprint density at radius 2 is 2.05 bits per heavy atom. The van der Waals surface area contributed by atoms with Crippen LogP contribution in [0.1, 0.15) is 5.56 Å². The summed E-state index contributed by atoms with van der Waals surface area (Å²) < 4.78 is 0. The third-order valence-electron chi connectivity index (χ3n) is 2.99. The number of urea groups is 1. The average Bonchev–Trinajstić information content (AvgIpc) is 2.47. The molecule has 19 heavy (non-hydrogen) atoms. The first kappa shape index (κ1) is 12.9. The predicted octanol–water partition coefficient (Wildman–Crippen LogP) is 0.864. The number of hydrogen-bond acceptors (Lipinski definition) is 3. The SMILES string of the molecule is N#Cc1cccc(NC(=O)N2CCN(C=O)CC2)c1. The smallest absolute Gasteiger partial charge is 0.321 e. The monoisotopic (exact) mass is 258 g/mol. The standard InChI is InChI=1S/C13H14N4O2/c14-9-11-2-1-3-12(8-11)15-13(19)17-6-4-16(10-18)5-7-17/h1-3,8,10H,4-7H2,(H,15,19). The maximum Gasteiger partial charge on any atom is 0.321 e. The molecule has 0 aliphatic carbocycles. The Morgan fingerprint density at radius 3 is 2.68 bits per heavy atom. The van der Waals surface area contributed by atoms with E-state index in [2.05, 4.69) is 5.32 Å². The molecule has 0 bridgehead atoms. The van der Waals surface area contributed by atoms with E-state index in [-0.39, 0.29) is 6.03 Å². The molecule has 2 rings (SSSR count). The van der Waals surface area contributed by atoms with Gasteiger partial charge in [-0.3, -0.25) is 4.79 Å². The van der Waals surface area contributed by atoms with E-state index in [0.29, 0.717) is 37.4 Å². The molecule has 0 atom stereocenters. The second-order valence-corrected chi connectivity index (χ2v) is 4.25. The number of carbonyl (C=O) groups excluding carboxylic acids is 2. The minimum Gasteiger partial charge on any atom is -0.342 e. The van der Waals surface area contributed by atoms with E-state index in [1.54, 1.807) is 34.1 Å². The molecule has 1 saturated heterocycles. The minimum atomic E-state index is -0.208. The first-order valence-corrected chi connectivity index (χ1v) is 5.98. The average molecular weight is 258 g/mol. The van der Waals surface area contributed by atoms with Gasteiger partial charge in [0.2, 0.25) is 6.41 Å². The second kappa shape index (κ2) is 5.87. The largest absolute Gasteiger partial charge is 0.342 e. The fraction of sp³-hybridized carbons (Fsp3) is 0.308. The molecule has 3 amide bonds. The van der Waals surface area contributed by atoms with Gasteiger partial charge in [-0.1, -0.05) is 6.07 Å². The number of rotatable bonds is 2. The lowest BCUT2D eigenvalue weighted by Gasteiger charge is -2.32. The van der Waals surface area contributed by atoms with Gasteiger partial charge in [0.05, 0.1) is 11.6 Å². The van der Waals surface area contributed by atoms with Crippen LogP contribution in [0.2, 0.25) is 0 Å². The molecular weight excluding hydrogens is 244 g/mol. The highest BCUT2D eigenvalue weighted by molar-refractivity contribution is 5.89. The van der Waals surface area contributed by atoms with Crippen molar-refractivity contribution in [2.75, 3.05) is 31.5 Å². The highest BCUT2D eigenvalue weighted by atomic mass is 16.2. The summed E-state index contributed by atoms with van der Waals surface area (Å²) in [5, 5.41) is 11.5. The minimum absolute atomic E-state index is 0.208. The van der Waals surface area contributed by atoms with Gasteiger partial charge < -0.3 is 15.1 Å². The first-order chi connectivity index (χ1) is 9.22. The number of nitriles is 1. The van der Waals surface area contributed by atoms with Crippen molar-refractivity contribution in [2.24, 2.45) is 0 Å². The van der Waals surface area contributed by atoms with E-state index >= 15 is 0 Å². The summed E-state index contributed by atoms with van der Waals surface area (Å²) in [5.74, 6) is 0. The Hall–Kier alpha value is -2.55. The van der Waals surface area contributed by atoms with Crippen LogP contribution in [0.3, 0.4) is 0 Å². The Morgan fingerprint density at radius 1 is 1.32 bits per heavy atom. The molecule has 0 spiro atoms. The van der Waals surface area contributed by atoms with E-state index in [1.165, 1.54) is 0 Å². The lowest BCUT2D eigenvalue weighted by molar-refractivity contribution is -0.119. The molecule has 1 aromatic carbocycles. The lowest BCUT2D eigenvalue weighted by Crippen LogP contribution is -2.49. The topological polar surface area (TPSA) is 76.4 Å². The Balaban J connectivity index is 1.94. The Kier molecular flexibility index (Phi) is 3.98. The van der Waals surface area contributed by atoms with Gasteiger partial charge in [0.15, 0.2) is 0 Å². The van der Waals surface area contributed by atoms with Gasteiger partial charge in [0, 0.05) is 31.9 Å². The zero-order valence-electron chi connectivity index (χ0n) is 10.4. The van der Waals surface area contributed by atoms with Crippen LogP contribution in [0.4, 0.5) is 10.5 Å². The number of nitrogens with one attached hydrogen (secondary N) is 1. The van der Waals surface area contributed by atoms with E-state index in [1.807, 2.05) is 6.07 Å². The zero-order valence-corrected chi connectivity index (χ0v) is 10.4. The molecular formula is C13H14N4O2. The molecule has 6 heteroatoms. The fourth-order valence-corrected chi connectivity index (χ4v) is 1.90. The summed E-state index contributed by atoms with van der Waals surface area (Å²) in [6.45, 7) is 2.13. The number of amides is 3. The van der Waals surface area contributed by atoms with Crippen molar-refractivity contribution in [1.82, 2.24) is 9.80 Å². The van der Waals surface area contributed by atoms with Crippen molar-refractivity contribution in [3.8, 4) is 6.07 Å².